The minimum Gasteiger partial charge on any atom is -0.497 e. The highest BCUT2D eigenvalue weighted by Gasteiger charge is 2.19. The van der Waals surface area contributed by atoms with E-state index < -0.39 is 0 Å². The number of nitrogens with one attached hydrogen (secondary N) is 1. The van der Waals surface area contributed by atoms with Crippen LogP contribution in [0.4, 0.5) is 0 Å². The van der Waals surface area contributed by atoms with Gasteiger partial charge in [-0.15, -0.1) is 10.2 Å². The SMILES string of the molecule is COc1ccc(C2=CSc3nnc(-c4cccc(Br)c4)n3N2)cc1. The molecule has 0 aliphatic carbocycles. The Morgan fingerprint density at radius 3 is 2.67 bits per heavy atom. The van der Waals surface area contributed by atoms with Gasteiger partial charge in [0.25, 0.3) is 0 Å². The summed E-state index contributed by atoms with van der Waals surface area (Å²) in [6.45, 7) is 0. The zero-order valence-corrected chi connectivity index (χ0v) is 15.1. The quantitative estimate of drug-likeness (QED) is 0.707. The van der Waals surface area contributed by atoms with Gasteiger partial charge in [0, 0.05) is 21.0 Å². The van der Waals surface area contributed by atoms with Gasteiger partial charge in [-0.05, 0) is 36.4 Å². The predicted octanol–water partition coefficient (Wildman–Crippen LogP) is 4.36. The fourth-order valence-electron chi connectivity index (χ4n) is 2.42. The Bertz CT molecular complexity index is 921. The molecular formula is C17H13BrN4OS. The van der Waals surface area contributed by atoms with Gasteiger partial charge >= 0.3 is 0 Å². The van der Waals surface area contributed by atoms with Crippen molar-refractivity contribution in [2.24, 2.45) is 0 Å². The van der Waals surface area contributed by atoms with Crippen molar-refractivity contribution in [1.82, 2.24) is 14.9 Å². The van der Waals surface area contributed by atoms with E-state index in [0.717, 1.165) is 38.0 Å². The van der Waals surface area contributed by atoms with Crippen LogP contribution in [0, 0.1) is 0 Å². The first-order chi connectivity index (χ1) is 11.7. The minimum atomic E-state index is 0.776. The molecule has 0 amide bonds. The lowest BCUT2D eigenvalue weighted by atomic mass is 10.2. The third-order valence-corrected chi connectivity index (χ3v) is 4.95. The Balaban J connectivity index is 1.67. The van der Waals surface area contributed by atoms with Crippen molar-refractivity contribution in [3.8, 4) is 17.1 Å². The van der Waals surface area contributed by atoms with Gasteiger partial charge in [0.05, 0.1) is 12.8 Å². The van der Waals surface area contributed by atoms with E-state index >= 15 is 0 Å². The number of hydrogen-bond acceptors (Lipinski definition) is 5. The smallest absolute Gasteiger partial charge is 0.214 e. The van der Waals surface area contributed by atoms with Gasteiger partial charge in [-0.3, -0.25) is 5.43 Å². The fourth-order valence-corrected chi connectivity index (χ4v) is 3.56. The number of benzene rings is 2. The van der Waals surface area contributed by atoms with Gasteiger partial charge in [0.2, 0.25) is 5.16 Å². The van der Waals surface area contributed by atoms with E-state index in [1.54, 1.807) is 18.9 Å². The molecule has 0 bridgehead atoms. The maximum Gasteiger partial charge on any atom is 0.214 e. The lowest BCUT2D eigenvalue weighted by Crippen LogP contribution is -2.18. The molecule has 2 aromatic carbocycles. The van der Waals surface area contributed by atoms with Gasteiger partial charge < -0.3 is 4.74 Å². The highest BCUT2D eigenvalue weighted by atomic mass is 79.9. The highest BCUT2D eigenvalue weighted by molar-refractivity contribution is 9.10. The summed E-state index contributed by atoms with van der Waals surface area (Å²) in [4.78, 5) is 0. The summed E-state index contributed by atoms with van der Waals surface area (Å²) < 4.78 is 8.13. The molecule has 1 aromatic heterocycles. The van der Waals surface area contributed by atoms with Crippen LogP contribution in [-0.2, 0) is 0 Å². The van der Waals surface area contributed by atoms with Crippen molar-refractivity contribution >= 4 is 33.4 Å². The normalized spacial score (nSPS) is 13.0. The Kier molecular flexibility index (Phi) is 4.03. The molecule has 0 atom stereocenters. The second-order valence-corrected chi connectivity index (χ2v) is 6.89. The third-order valence-electron chi connectivity index (χ3n) is 3.63. The molecule has 1 N–H and O–H groups in total. The Morgan fingerprint density at radius 1 is 1.08 bits per heavy atom. The third kappa shape index (κ3) is 2.81. The molecule has 24 heavy (non-hydrogen) atoms. The van der Waals surface area contributed by atoms with Crippen LogP contribution >= 0.6 is 27.7 Å². The van der Waals surface area contributed by atoms with Crippen LogP contribution in [-0.4, -0.2) is 22.0 Å². The molecule has 0 spiro atoms. The molecule has 5 nitrogen and oxygen atoms in total. The monoisotopic (exact) mass is 400 g/mol. The van der Waals surface area contributed by atoms with E-state index in [9.17, 15) is 0 Å². The summed E-state index contributed by atoms with van der Waals surface area (Å²) in [6.07, 6.45) is 0. The number of ether oxygens (including phenoxy) is 1. The molecule has 0 saturated carbocycles. The minimum absolute atomic E-state index is 0.776. The lowest BCUT2D eigenvalue weighted by molar-refractivity contribution is 0.415. The van der Waals surface area contributed by atoms with Crippen LogP contribution in [0.3, 0.4) is 0 Å². The summed E-state index contributed by atoms with van der Waals surface area (Å²) in [5.41, 5.74) is 6.45. The summed E-state index contributed by atoms with van der Waals surface area (Å²) >= 11 is 5.04. The number of halogens is 1. The summed E-state index contributed by atoms with van der Waals surface area (Å²) in [5, 5.41) is 11.4. The maximum atomic E-state index is 5.21. The standard InChI is InChI=1S/C17H13BrN4OS/c1-23-14-7-5-11(6-8-14)15-10-24-17-20-19-16(22(17)21-15)12-3-2-4-13(18)9-12/h2-10,21H,1H3. The van der Waals surface area contributed by atoms with E-state index in [4.69, 9.17) is 4.74 Å². The van der Waals surface area contributed by atoms with Crippen LogP contribution < -0.4 is 10.2 Å². The van der Waals surface area contributed by atoms with Crippen LogP contribution in [0.2, 0.25) is 0 Å². The molecule has 4 rings (SSSR count). The number of methoxy groups -OCH3 is 1. The summed E-state index contributed by atoms with van der Waals surface area (Å²) in [7, 11) is 1.66. The molecule has 0 saturated heterocycles. The predicted molar refractivity (Wildman–Crippen MR) is 99.3 cm³/mol. The van der Waals surface area contributed by atoms with Gasteiger partial charge in [-0.2, -0.15) is 0 Å². The van der Waals surface area contributed by atoms with Crippen molar-refractivity contribution < 1.29 is 4.74 Å². The Hall–Kier alpha value is -2.25. The Morgan fingerprint density at radius 2 is 1.92 bits per heavy atom. The van der Waals surface area contributed by atoms with Gasteiger partial charge in [-0.25, -0.2) is 4.68 Å². The highest BCUT2D eigenvalue weighted by Crippen LogP contribution is 2.32. The molecule has 0 fully saturated rings. The van der Waals surface area contributed by atoms with Crippen molar-refractivity contribution in [2.45, 2.75) is 5.16 Å². The first-order valence-electron chi connectivity index (χ1n) is 7.24. The van der Waals surface area contributed by atoms with Crippen molar-refractivity contribution in [3.63, 3.8) is 0 Å². The van der Waals surface area contributed by atoms with Gasteiger partial charge in [-0.1, -0.05) is 39.8 Å². The molecule has 2 heterocycles. The number of nitrogens with zero attached hydrogens (tertiary/aromatic N) is 3. The molecule has 1 aliphatic heterocycles. The van der Waals surface area contributed by atoms with E-state index in [1.165, 1.54) is 0 Å². The van der Waals surface area contributed by atoms with Crippen LogP contribution in [0.1, 0.15) is 5.56 Å². The van der Waals surface area contributed by atoms with Crippen molar-refractivity contribution in [3.05, 3.63) is 64.0 Å². The molecule has 7 heteroatoms. The van der Waals surface area contributed by atoms with Gasteiger partial charge in [0.1, 0.15) is 5.75 Å². The Labute approximate surface area is 151 Å². The van der Waals surface area contributed by atoms with E-state index in [1.807, 2.05) is 58.6 Å². The number of thioether (sulfide) groups is 1. The second kappa shape index (κ2) is 6.33. The molecule has 0 radical (unpaired) electrons. The zero-order chi connectivity index (χ0) is 16.5. The summed E-state index contributed by atoms with van der Waals surface area (Å²) in [6, 6.07) is 15.9. The maximum absolute atomic E-state index is 5.21. The lowest BCUT2D eigenvalue weighted by Gasteiger charge is -2.19. The molecule has 3 aromatic rings. The zero-order valence-electron chi connectivity index (χ0n) is 12.7. The summed E-state index contributed by atoms with van der Waals surface area (Å²) in [5.74, 6) is 1.61. The first-order valence-corrected chi connectivity index (χ1v) is 8.91. The molecular weight excluding hydrogens is 388 g/mol. The van der Waals surface area contributed by atoms with Crippen LogP contribution in [0.25, 0.3) is 17.1 Å². The van der Waals surface area contributed by atoms with Crippen molar-refractivity contribution in [1.29, 1.82) is 0 Å². The van der Waals surface area contributed by atoms with E-state index in [0.29, 0.717) is 0 Å². The first kappa shape index (κ1) is 15.3. The number of hydrogen-bond donors (Lipinski definition) is 1. The van der Waals surface area contributed by atoms with Crippen molar-refractivity contribution in [2.75, 3.05) is 12.5 Å². The van der Waals surface area contributed by atoms with E-state index in [-0.39, 0.29) is 0 Å². The average molecular weight is 401 g/mol. The number of rotatable bonds is 3. The number of aromatic nitrogens is 3. The van der Waals surface area contributed by atoms with Gasteiger partial charge in [0.15, 0.2) is 5.82 Å². The molecule has 0 unspecified atom stereocenters. The number of fused-ring (bicyclic) bond motifs is 1. The second-order valence-electron chi connectivity index (χ2n) is 5.14. The molecule has 1 aliphatic rings. The fraction of sp³-hybridized carbons (Fsp3) is 0.0588. The van der Waals surface area contributed by atoms with Crippen LogP contribution in [0.15, 0.2) is 63.6 Å². The van der Waals surface area contributed by atoms with E-state index in [2.05, 4.69) is 31.6 Å². The van der Waals surface area contributed by atoms with Crippen LogP contribution in [0.5, 0.6) is 5.75 Å². The largest absolute Gasteiger partial charge is 0.497 e. The molecule has 120 valence electrons. The topological polar surface area (TPSA) is 52.0 Å². The average Bonchev–Trinajstić information content (AvgIpc) is 3.05.